The summed E-state index contributed by atoms with van der Waals surface area (Å²) in [6, 6.07) is 23.4. The minimum absolute atomic E-state index is 0.161. The molecule has 3 aromatic carbocycles. The van der Waals surface area contributed by atoms with Crippen molar-refractivity contribution in [2.24, 2.45) is 0 Å². The van der Waals surface area contributed by atoms with E-state index in [0.29, 0.717) is 22.5 Å². The fraction of sp³-hybridized carbons (Fsp3) is 0.0417. The van der Waals surface area contributed by atoms with Gasteiger partial charge in [0.15, 0.2) is 10.9 Å². The highest BCUT2D eigenvalue weighted by Gasteiger charge is 2.13. The molecule has 1 aromatic heterocycles. The summed E-state index contributed by atoms with van der Waals surface area (Å²) in [6.07, 6.45) is 0. The molecule has 0 aliphatic rings. The third kappa shape index (κ3) is 4.79. The molecule has 4 aromatic rings. The maximum absolute atomic E-state index is 12.5. The van der Waals surface area contributed by atoms with Gasteiger partial charge in [-0.25, -0.2) is 0 Å². The summed E-state index contributed by atoms with van der Waals surface area (Å²) in [6.45, 7) is 1.86. The van der Waals surface area contributed by atoms with E-state index in [1.165, 1.54) is 0 Å². The first-order chi connectivity index (χ1) is 15.0. The van der Waals surface area contributed by atoms with Crippen LogP contribution in [0.5, 0.6) is 0 Å². The summed E-state index contributed by atoms with van der Waals surface area (Å²) in [5.41, 5.74) is 3.25. The van der Waals surface area contributed by atoms with Crippen LogP contribution in [-0.4, -0.2) is 16.9 Å². The maximum atomic E-state index is 12.5. The van der Waals surface area contributed by atoms with Crippen LogP contribution < -0.4 is 16.0 Å². The fourth-order valence-electron chi connectivity index (χ4n) is 3.12. The monoisotopic (exact) mass is 429 g/mol. The number of amides is 2. The molecule has 0 atom stereocenters. The summed E-state index contributed by atoms with van der Waals surface area (Å²) in [7, 11) is 0. The van der Waals surface area contributed by atoms with Crippen molar-refractivity contribution < 1.29 is 14.0 Å². The van der Waals surface area contributed by atoms with Gasteiger partial charge in [0, 0.05) is 22.3 Å². The topological polar surface area (TPSA) is 83.4 Å². The number of benzene rings is 3. The third-order valence-electron chi connectivity index (χ3n) is 4.64. The summed E-state index contributed by atoms with van der Waals surface area (Å²) in [5, 5.41) is 9.45. The molecular formula is C24H19N3O3S. The lowest BCUT2D eigenvalue weighted by atomic mass is 10.1. The Morgan fingerprint density at radius 3 is 2.29 bits per heavy atom. The van der Waals surface area contributed by atoms with Gasteiger partial charge in [-0.2, -0.15) is 0 Å². The Bertz CT molecular complexity index is 1260. The molecule has 0 bridgehead atoms. The predicted octanol–water partition coefficient (Wildman–Crippen LogP) is 5.12. The van der Waals surface area contributed by atoms with Gasteiger partial charge in [0.05, 0.1) is 0 Å². The van der Waals surface area contributed by atoms with Gasteiger partial charge < -0.3 is 15.1 Å². The van der Waals surface area contributed by atoms with Crippen LogP contribution in [-0.2, 0) is 0 Å². The Labute approximate surface area is 184 Å². The molecule has 7 heteroatoms. The average molecular weight is 430 g/mol. The number of para-hydroxylation sites is 1. The van der Waals surface area contributed by atoms with Crippen LogP contribution in [0, 0.1) is 6.92 Å². The van der Waals surface area contributed by atoms with E-state index < -0.39 is 0 Å². The molecule has 0 fully saturated rings. The van der Waals surface area contributed by atoms with Gasteiger partial charge >= 0.3 is 0 Å². The number of hydrogen-bond acceptors (Lipinski definition) is 4. The van der Waals surface area contributed by atoms with Crippen molar-refractivity contribution in [2.45, 2.75) is 6.92 Å². The number of anilines is 2. The Hall–Kier alpha value is -3.97. The number of nitrogens with one attached hydrogen (secondary N) is 3. The molecule has 1 heterocycles. The van der Waals surface area contributed by atoms with Crippen molar-refractivity contribution in [3.05, 3.63) is 95.7 Å². The van der Waals surface area contributed by atoms with Crippen LogP contribution in [0.15, 0.2) is 83.3 Å². The van der Waals surface area contributed by atoms with E-state index >= 15 is 0 Å². The summed E-state index contributed by atoms with van der Waals surface area (Å²) < 4.78 is 5.60. The van der Waals surface area contributed by atoms with Gasteiger partial charge in [0.1, 0.15) is 5.58 Å². The molecule has 4 rings (SSSR count). The van der Waals surface area contributed by atoms with Crippen LogP contribution in [0.25, 0.3) is 11.0 Å². The number of carbonyl (C=O) groups is 2. The summed E-state index contributed by atoms with van der Waals surface area (Å²) in [5.74, 6) is -0.422. The summed E-state index contributed by atoms with van der Waals surface area (Å²) in [4.78, 5) is 24.9. The molecule has 0 radical (unpaired) electrons. The normalized spacial score (nSPS) is 10.5. The predicted molar refractivity (Wildman–Crippen MR) is 125 cm³/mol. The zero-order valence-corrected chi connectivity index (χ0v) is 17.5. The number of thiocarbonyl (C=S) groups is 1. The van der Waals surface area contributed by atoms with E-state index in [1.54, 1.807) is 42.5 Å². The number of fused-ring (bicyclic) bond motifs is 1. The highest BCUT2D eigenvalue weighted by Crippen LogP contribution is 2.21. The van der Waals surface area contributed by atoms with Crippen LogP contribution in [0.4, 0.5) is 11.4 Å². The molecule has 31 heavy (non-hydrogen) atoms. The second-order valence-corrected chi connectivity index (χ2v) is 7.31. The van der Waals surface area contributed by atoms with E-state index in [-0.39, 0.29) is 22.7 Å². The van der Waals surface area contributed by atoms with Crippen molar-refractivity contribution in [3.63, 3.8) is 0 Å². The van der Waals surface area contributed by atoms with Gasteiger partial charge in [-0.15, -0.1) is 0 Å². The van der Waals surface area contributed by atoms with Gasteiger partial charge in [-0.05, 0) is 61.1 Å². The molecule has 3 N–H and O–H groups in total. The van der Waals surface area contributed by atoms with Crippen LogP contribution in [0.1, 0.15) is 26.5 Å². The molecule has 0 unspecified atom stereocenters. The van der Waals surface area contributed by atoms with E-state index in [2.05, 4.69) is 16.0 Å². The molecule has 0 saturated heterocycles. The second kappa shape index (κ2) is 8.81. The molecule has 0 aliphatic heterocycles. The molecule has 0 saturated carbocycles. The first kappa shape index (κ1) is 20.3. The highest BCUT2D eigenvalue weighted by atomic mass is 32.1. The number of aryl methyl sites for hydroxylation is 1. The first-order valence-corrected chi connectivity index (χ1v) is 9.98. The van der Waals surface area contributed by atoms with E-state index in [0.717, 1.165) is 10.9 Å². The average Bonchev–Trinajstić information content (AvgIpc) is 3.18. The molecule has 154 valence electrons. The van der Waals surface area contributed by atoms with E-state index in [4.69, 9.17) is 16.6 Å². The van der Waals surface area contributed by atoms with Crippen molar-refractivity contribution >= 4 is 51.5 Å². The molecular weight excluding hydrogens is 410 g/mol. The van der Waals surface area contributed by atoms with Crippen molar-refractivity contribution in [1.29, 1.82) is 0 Å². The lowest BCUT2D eigenvalue weighted by molar-refractivity contribution is 0.0974. The quantitative estimate of drug-likeness (QED) is 0.392. The molecule has 0 aliphatic carbocycles. The van der Waals surface area contributed by atoms with Crippen molar-refractivity contribution in [2.75, 3.05) is 10.6 Å². The Kier molecular flexibility index (Phi) is 5.77. The minimum Gasteiger partial charge on any atom is -0.451 e. The van der Waals surface area contributed by atoms with Crippen LogP contribution >= 0.6 is 12.2 Å². The standard InChI is InChI=1S/C24H19N3O3S/c1-15-7-2-4-11-19(15)22(28)27-24(31)26-18-10-6-9-17(14-18)25-23(29)21-13-16-8-3-5-12-20(16)30-21/h2-14H,1H3,(H,25,29)(H2,26,27,28,31). The van der Waals surface area contributed by atoms with E-state index in [1.807, 2.05) is 43.3 Å². The van der Waals surface area contributed by atoms with Gasteiger partial charge in [-0.1, -0.05) is 42.5 Å². The fourth-order valence-corrected chi connectivity index (χ4v) is 3.33. The van der Waals surface area contributed by atoms with Crippen LogP contribution in [0.2, 0.25) is 0 Å². The van der Waals surface area contributed by atoms with Gasteiger partial charge in [0.25, 0.3) is 11.8 Å². The number of carbonyl (C=O) groups excluding carboxylic acids is 2. The lowest BCUT2D eigenvalue weighted by Gasteiger charge is -2.12. The zero-order valence-electron chi connectivity index (χ0n) is 16.6. The minimum atomic E-state index is -0.358. The van der Waals surface area contributed by atoms with Crippen molar-refractivity contribution in [3.8, 4) is 0 Å². The Balaban J connectivity index is 1.41. The Morgan fingerprint density at radius 2 is 1.52 bits per heavy atom. The lowest BCUT2D eigenvalue weighted by Crippen LogP contribution is -2.34. The highest BCUT2D eigenvalue weighted by molar-refractivity contribution is 7.80. The van der Waals surface area contributed by atoms with Gasteiger partial charge in [-0.3, -0.25) is 14.9 Å². The van der Waals surface area contributed by atoms with Crippen molar-refractivity contribution in [1.82, 2.24) is 5.32 Å². The largest absolute Gasteiger partial charge is 0.451 e. The zero-order chi connectivity index (χ0) is 21.8. The second-order valence-electron chi connectivity index (χ2n) is 6.91. The Morgan fingerprint density at radius 1 is 0.806 bits per heavy atom. The van der Waals surface area contributed by atoms with E-state index in [9.17, 15) is 9.59 Å². The maximum Gasteiger partial charge on any atom is 0.291 e. The third-order valence-corrected chi connectivity index (χ3v) is 4.85. The first-order valence-electron chi connectivity index (χ1n) is 9.57. The van der Waals surface area contributed by atoms with Gasteiger partial charge in [0.2, 0.25) is 0 Å². The van der Waals surface area contributed by atoms with Crippen LogP contribution in [0.3, 0.4) is 0 Å². The smallest absolute Gasteiger partial charge is 0.291 e. The molecule has 0 spiro atoms. The SMILES string of the molecule is Cc1ccccc1C(=O)NC(=S)Nc1cccc(NC(=O)c2cc3ccccc3o2)c1. The molecule has 6 nitrogen and oxygen atoms in total. The molecule has 2 amide bonds. The summed E-state index contributed by atoms with van der Waals surface area (Å²) >= 11 is 5.25. The number of hydrogen-bond donors (Lipinski definition) is 3. The number of rotatable bonds is 4. The number of furan rings is 1.